The van der Waals surface area contributed by atoms with Crippen LogP contribution in [0.2, 0.25) is 0 Å². The Morgan fingerprint density at radius 3 is 2.25 bits per heavy atom. The van der Waals surface area contributed by atoms with E-state index in [-0.39, 0.29) is 0 Å². The first-order valence-electron chi connectivity index (χ1n) is 8.12. The van der Waals surface area contributed by atoms with Crippen molar-refractivity contribution in [2.45, 2.75) is 58.9 Å². The molecule has 2 atom stereocenters. The molecule has 0 amide bonds. The first-order valence-corrected chi connectivity index (χ1v) is 8.12. The van der Waals surface area contributed by atoms with Gasteiger partial charge in [0.05, 0.1) is 7.11 Å². The average Bonchev–Trinajstić information content (AvgIpc) is 2.51. The Morgan fingerprint density at radius 2 is 1.75 bits per heavy atom. The molecule has 1 aromatic carbocycles. The van der Waals surface area contributed by atoms with Crippen LogP contribution in [0.4, 0.5) is 0 Å². The first-order chi connectivity index (χ1) is 9.74. The predicted molar refractivity (Wildman–Crippen MR) is 87.3 cm³/mol. The topological polar surface area (TPSA) is 21.3 Å². The summed E-state index contributed by atoms with van der Waals surface area (Å²) < 4.78 is 5.22. The van der Waals surface area contributed by atoms with Crippen molar-refractivity contribution in [1.29, 1.82) is 0 Å². The number of nitrogens with one attached hydrogen (secondary N) is 1. The van der Waals surface area contributed by atoms with Crippen molar-refractivity contribution < 1.29 is 4.74 Å². The lowest BCUT2D eigenvalue weighted by atomic mass is 9.97. The van der Waals surface area contributed by atoms with E-state index in [9.17, 15) is 0 Å². The van der Waals surface area contributed by atoms with Gasteiger partial charge in [0.1, 0.15) is 5.75 Å². The lowest BCUT2D eigenvalue weighted by Gasteiger charge is -2.22. The number of rotatable bonds is 10. The van der Waals surface area contributed by atoms with Crippen LogP contribution < -0.4 is 10.1 Å². The third-order valence-electron chi connectivity index (χ3n) is 4.12. The van der Waals surface area contributed by atoms with Gasteiger partial charge in [-0.2, -0.15) is 0 Å². The molecular formula is C18H31NO. The predicted octanol–water partition coefficient (Wildman–Crippen LogP) is 4.95. The third kappa shape index (κ3) is 5.54. The second-order valence-corrected chi connectivity index (χ2v) is 5.56. The van der Waals surface area contributed by atoms with Crippen molar-refractivity contribution in [1.82, 2.24) is 5.32 Å². The van der Waals surface area contributed by atoms with E-state index in [2.05, 4.69) is 38.2 Å². The summed E-state index contributed by atoms with van der Waals surface area (Å²) in [7, 11) is 1.71. The van der Waals surface area contributed by atoms with E-state index >= 15 is 0 Å². The highest BCUT2D eigenvalue weighted by Gasteiger charge is 2.12. The minimum Gasteiger partial charge on any atom is -0.497 e. The minimum absolute atomic E-state index is 0.455. The molecule has 0 bridgehead atoms. The van der Waals surface area contributed by atoms with Crippen molar-refractivity contribution in [2.75, 3.05) is 13.7 Å². The summed E-state index contributed by atoms with van der Waals surface area (Å²) >= 11 is 0. The van der Waals surface area contributed by atoms with Gasteiger partial charge in [0.2, 0.25) is 0 Å². The largest absolute Gasteiger partial charge is 0.497 e. The second kappa shape index (κ2) is 9.82. The van der Waals surface area contributed by atoms with E-state index in [1.54, 1.807) is 7.11 Å². The molecule has 0 spiro atoms. The summed E-state index contributed by atoms with van der Waals surface area (Å²) in [4.78, 5) is 0. The van der Waals surface area contributed by atoms with E-state index in [1.807, 2.05) is 12.1 Å². The third-order valence-corrected chi connectivity index (χ3v) is 4.12. The van der Waals surface area contributed by atoms with Crippen LogP contribution in [-0.4, -0.2) is 13.7 Å². The quantitative estimate of drug-likeness (QED) is 0.653. The van der Waals surface area contributed by atoms with E-state index in [0.717, 1.165) is 24.6 Å². The number of methoxy groups -OCH3 is 1. The van der Waals surface area contributed by atoms with E-state index < -0.39 is 0 Å². The molecule has 0 radical (unpaired) electrons. The van der Waals surface area contributed by atoms with Crippen LogP contribution >= 0.6 is 0 Å². The van der Waals surface area contributed by atoms with Crippen LogP contribution in [0.25, 0.3) is 0 Å². The van der Waals surface area contributed by atoms with Gasteiger partial charge in [-0.25, -0.2) is 0 Å². The van der Waals surface area contributed by atoms with Gasteiger partial charge in [-0.05, 0) is 43.0 Å². The van der Waals surface area contributed by atoms with Gasteiger partial charge in [0.25, 0.3) is 0 Å². The van der Waals surface area contributed by atoms with Crippen molar-refractivity contribution in [3.8, 4) is 5.75 Å². The number of hydrogen-bond acceptors (Lipinski definition) is 2. The SMILES string of the molecule is CCCCC(CC)CNC(CC)c1ccc(OC)cc1. The highest BCUT2D eigenvalue weighted by molar-refractivity contribution is 5.29. The fourth-order valence-corrected chi connectivity index (χ4v) is 2.59. The molecule has 1 rings (SSSR count). The zero-order chi connectivity index (χ0) is 14.8. The molecule has 2 unspecified atom stereocenters. The van der Waals surface area contributed by atoms with Crippen molar-refractivity contribution in [2.24, 2.45) is 5.92 Å². The van der Waals surface area contributed by atoms with Gasteiger partial charge in [0, 0.05) is 6.04 Å². The summed E-state index contributed by atoms with van der Waals surface area (Å²) in [6, 6.07) is 8.90. The molecule has 0 aromatic heterocycles. The Bertz CT molecular complexity index is 347. The Hall–Kier alpha value is -1.02. The minimum atomic E-state index is 0.455. The van der Waals surface area contributed by atoms with Crippen molar-refractivity contribution in [3.05, 3.63) is 29.8 Å². The van der Waals surface area contributed by atoms with Gasteiger partial charge < -0.3 is 10.1 Å². The van der Waals surface area contributed by atoms with Crippen LogP contribution in [0.1, 0.15) is 64.5 Å². The van der Waals surface area contributed by atoms with Gasteiger partial charge >= 0.3 is 0 Å². The van der Waals surface area contributed by atoms with Gasteiger partial charge in [-0.3, -0.25) is 0 Å². The molecule has 0 aliphatic rings. The molecule has 0 aliphatic carbocycles. The number of ether oxygens (including phenoxy) is 1. The molecule has 1 N–H and O–H groups in total. The Morgan fingerprint density at radius 1 is 1.05 bits per heavy atom. The van der Waals surface area contributed by atoms with Gasteiger partial charge in [-0.15, -0.1) is 0 Å². The maximum absolute atomic E-state index is 5.22. The summed E-state index contributed by atoms with van der Waals surface area (Å²) in [5.74, 6) is 1.74. The molecule has 0 heterocycles. The van der Waals surface area contributed by atoms with Crippen molar-refractivity contribution >= 4 is 0 Å². The molecule has 0 saturated carbocycles. The number of hydrogen-bond donors (Lipinski definition) is 1. The Kier molecular flexibility index (Phi) is 8.36. The fourth-order valence-electron chi connectivity index (χ4n) is 2.59. The van der Waals surface area contributed by atoms with Gasteiger partial charge in [-0.1, -0.05) is 52.2 Å². The van der Waals surface area contributed by atoms with Crippen LogP contribution in [-0.2, 0) is 0 Å². The molecule has 1 aromatic rings. The summed E-state index contributed by atoms with van der Waals surface area (Å²) in [5, 5.41) is 3.74. The smallest absolute Gasteiger partial charge is 0.118 e. The summed E-state index contributed by atoms with van der Waals surface area (Å²) in [6.07, 6.45) is 6.38. The van der Waals surface area contributed by atoms with E-state index in [1.165, 1.54) is 31.2 Å². The number of unbranched alkanes of at least 4 members (excludes halogenated alkanes) is 1. The van der Waals surface area contributed by atoms with Crippen LogP contribution in [0.3, 0.4) is 0 Å². The van der Waals surface area contributed by atoms with E-state index in [4.69, 9.17) is 4.74 Å². The highest BCUT2D eigenvalue weighted by atomic mass is 16.5. The zero-order valence-electron chi connectivity index (χ0n) is 13.6. The fraction of sp³-hybridized carbons (Fsp3) is 0.667. The monoisotopic (exact) mass is 277 g/mol. The van der Waals surface area contributed by atoms with Crippen LogP contribution in [0.5, 0.6) is 5.75 Å². The van der Waals surface area contributed by atoms with Crippen LogP contribution in [0, 0.1) is 5.92 Å². The van der Waals surface area contributed by atoms with E-state index in [0.29, 0.717) is 6.04 Å². The molecule has 0 fully saturated rings. The molecule has 2 heteroatoms. The molecule has 0 saturated heterocycles. The molecule has 114 valence electrons. The number of benzene rings is 1. The normalized spacial score (nSPS) is 14.0. The molecular weight excluding hydrogens is 246 g/mol. The maximum Gasteiger partial charge on any atom is 0.118 e. The molecule has 20 heavy (non-hydrogen) atoms. The summed E-state index contributed by atoms with van der Waals surface area (Å²) in [6.45, 7) is 7.94. The molecule has 0 aliphatic heterocycles. The van der Waals surface area contributed by atoms with Crippen LogP contribution in [0.15, 0.2) is 24.3 Å². The summed E-state index contributed by atoms with van der Waals surface area (Å²) in [5.41, 5.74) is 1.36. The van der Waals surface area contributed by atoms with Gasteiger partial charge in [0.15, 0.2) is 0 Å². The zero-order valence-corrected chi connectivity index (χ0v) is 13.6. The highest BCUT2D eigenvalue weighted by Crippen LogP contribution is 2.21. The second-order valence-electron chi connectivity index (χ2n) is 5.56. The Labute approximate surface area is 124 Å². The van der Waals surface area contributed by atoms with Crippen molar-refractivity contribution in [3.63, 3.8) is 0 Å². The first kappa shape index (κ1) is 17.0. The Balaban J connectivity index is 2.52. The maximum atomic E-state index is 5.22. The standard InChI is InChI=1S/C18H31NO/c1-5-8-9-15(6-2)14-19-18(7-3)16-10-12-17(20-4)13-11-16/h10-13,15,18-19H,5-9,14H2,1-4H3. The lowest BCUT2D eigenvalue weighted by molar-refractivity contribution is 0.385. The average molecular weight is 277 g/mol. The molecule has 2 nitrogen and oxygen atoms in total. The lowest BCUT2D eigenvalue weighted by Crippen LogP contribution is -2.27.